The molecule has 0 saturated heterocycles. The topological polar surface area (TPSA) is 48.8 Å². The molecule has 5 heteroatoms. The van der Waals surface area contributed by atoms with Gasteiger partial charge in [0.2, 0.25) is 0 Å². The van der Waals surface area contributed by atoms with Crippen LogP contribution in [0.1, 0.15) is 150 Å². The Morgan fingerprint density at radius 2 is 0.864 bits per heavy atom. The second kappa shape index (κ2) is 27.2. The molecule has 0 bridgehead atoms. The minimum atomic E-state index is 0. The van der Waals surface area contributed by atoms with E-state index in [9.17, 15) is 0 Å². The first-order valence-electron chi connectivity index (χ1n) is 18.0. The zero-order valence-electron chi connectivity index (χ0n) is 28.7. The Kier molecular flexibility index (Phi) is 24.7. The van der Waals surface area contributed by atoms with Crippen LogP contribution in [-0.4, -0.2) is 24.5 Å². The summed E-state index contributed by atoms with van der Waals surface area (Å²) in [7, 11) is 0. The van der Waals surface area contributed by atoms with Crippen LogP contribution >= 0.6 is 0 Å². The summed E-state index contributed by atoms with van der Waals surface area (Å²) in [5, 5.41) is 7.27. The fraction of sp³-hybridized carbons (Fsp3) is 0.641. The standard InChI is InChI=1S/C39H64N4.Ni/c1-5-9-13-15-17-20-30-40-34-24-22-26-36(32-34)42-38(28-12-8-4)39(29-19-11-7-3)43-37-27-23-25-35(33-37)41-31-21-18-16-14-10-6-2;/h22-27,32-33,40-41H,5-21,28-31H2,1-4H3;/b42-38+,43-39+;. The van der Waals surface area contributed by atoms with Crippen molar-refractivity contribution in [2.45, 2.75) is 150 Å². The monoisotopic (exact) mass is 646 g/mol. The quantitative estimate of drug-likeness (QED) is 0.0606. The van der Waals surface area contributed by atoms with E-state index in [1.165, 1.54) is 101 Å². The van der Waals surface area contributed by atoms with Crippen molar-refractivity contribution in [1.29, 1.82) is 0 Å². The number of anilines is 2. The molecular formula is C39H64N4Ni. The molecule has 0 radical (unpaired) electrons. The summed E-state index contributed by atoms with van der Waals surface area (Å²) in [6.07, 6.45) is 23.6. The van der Waals surface area contributed by atoms with Crippen molar-refractivity contribution in [3.63, 3.8) is 0 Å². The zero-order valence-corrected chi connectivity index (χ0v) is 29.7. The van der Waals surface area contributed by atoms with Crippen molar-refractivity contribution in [3.8, 4) is 0 Å². The van der Waals surface area contributed by atoms with E-state index in [0.29, 0.717) is 0 Å². The number of hydrogen-bond donors (Lipinski definition) is 2. The predicted octanol–water partition coefficient (Wildman–Crippen LogP) is 12.8. The maximum atomic E-state index is 5.26. The van der Waals surface area contributed by atoms with Crippen molar-refractivity contribution in [2.24, 2.45) is 9.98 Å². The zero-order chi connectivity index (χ0) is 30.8. The maximum Gasteiger partial charge on any atom is 0.0654 e. The van der Waals surface area contributed by atoms with Gasteiger partial charge in [-0.05, 0) is 74.9 Å². The maximum absolute atomic E-state index is 5.26. The van der Waals surface area contributed by atoms with Crippen molar-refractivity contribution in [1.82, 2.24) is 0 Å². The van der Waals surface area contributed by atoms with Gasteiger partial charge in [-0.25, -0.2) is 0 Å². The van der Waals surface area contributed by atoms with Crippen molar-refractivity contribution >= 4 is 34.2 Å². The van der Waals surface area contributed by atoms with Crippen LogP contribution in [-0.2, 0) is 16.5 Å². The number of aliphatic imine (C=N–C) groups is 2. The normalized spacial score (nSPS) is 11.8. The number of rotatable bonds is 26. The Labute approximate surface area is 281 Å². The van der Waals surface area contributed by atoms with E-state index in [-0.39, 0.29) is 16.5 Å². The molecule has 0 amide bonds. The van der Waals surface area contributed by atoms with Gasteiger partial charge in [-0.2, -0.15) is 0 Å². The number of unbranched alkanes of at least 4 members (excludes halogenated alkanes) is 13. The molecule has 0 saturated carbocycles. The fourth-order valence-electron chi connectivity index (χ4n) is 5.37. The smallest absolute Gasteiger partial charge is 0.0654 e. The molecule has 2 rings (SSSR count). The average molecular weight is 648 g/mol. The van der Waals surface area contributed by atoms with Crippen LogP contribution < -0.4 is 10.6 Å². The Hall–Kier alpha value is -2.13. The van der Waals surface area contributed by atoms with Crippen LogP contribution in [0.4, 0.5) is 22.7 Å². The van der Waals surface area contributed by atoms with Crippen LogP contribution in [0.3, 0.4) is 0 Å². The van der Waals surface area contributed by atoms with E-state index >= 15 is 0 Å². The molecule has 2 aromatic carbocycles. The largest absolute Gasteiger partial charge is 0.385 e. The summed E-state index contributed by atoms with van der Waals surface area (Å²) in [4.78, 5) is 10.5. The first-order chi connectivity index (χ1) is 21.2. The van der Waals surface area contributed by atoms with Crippen LogP contribution in [0, 0.1) is 0 Å². The molecule has 0 aliphatic heterocycles. The molecule has 0 aliphatic carbocycles. The summed E-state index contributed by atoms with van der Waals surface area (Å²) < 4.78 is 0. The van der Waals surface area contributed by atoms with Gasteiger partial charge in [-0.15, -0.1) is 0 Å². The number of nitrogens with zero attached hydrogens (tertiary/aromatic N) is 2. The molecule has 0 aliphatic rings. The molecule has 2 N–H and O–H groups in total. The predicted molar refractivity (Wildman–Crippen MR) is 194 cm³/mol. The van der Waals surface area contributed by atoms with E-state index in [0.717, 1.165) is 68.0 Å². The van der Waals surface area contributed by atoms with Crippen LogP contribution in [0.5, 0.6) is 0 Å². The summed E-state index contributed by atoms with van der Waals surface area (Å²) in [6, 6.07) is 17.3. The molecular weight excluding hydrogens is 583 g/mol. The number of benzene rings is 2. The summed E-state index contributed by atoms with van der Waals surface area (Å²) in [5.41, 5.74) is 6.68. The fourth-order valence-corrected chi connectivity index (χ4v) is 5.37. The third kappa shape index (κ3) is 18.6. The van der Waals surface area contributed by atoms with Gasteiger partial charge in [0.25, 0.3) is 0 Å². The molecule has 0 aromatic heterocycles. The molecule has 0 spiro atoms. The van der Waals surface area contributed by atoms with Crippen molar-refractivity contribution < 1.29 is 16.5 Å². The van der Waals surface area contributed by atoms with Crippen LogP contribution in [0.2, 0.25) is 0 Å². The van der Waals surface area contributed by atoms with Gasteiger partial charge in [0.15, 0.2) is 0 Å². The number of hydrogen-bond acceptors (Lipinski definition) is 4. The van der Waals surface area contributed by atoms with Crippen LogP contribution in [0.15, 0.2) is 58.5 Å². The van der Waals surface area contributed by atoms with Gasteiger partial charge < -0.3 is 10.6 Å². The molecule has 0 unspecified atom stereocenters. The second-order valence-electron chi connectivity index (χ2n) is 12.2. The van der Waals surface area contributed by atoms with Gasteiger partial charge in [-0.3, -0.25) is 9.98 Å². The van der Waals surface area contributed by atoms with Crippen LogP contribution in [0.25, 0.3) is 0 Å². The molecule has 2 aromatic rings. The molecule has 0 atom stereocenters. The van der Waals surface area contributed by atoms with Gasteiger partial charge in [-0.1, -0.05) is 123 Å². The molecule has 250 valence electrons. The van der Waals surface area contributed by atoms with Crippen molar-refractivity contribution in [2.75, 3.05) is 23.7 Å². The van der Waals surface area contributed by atoms with E-state index in [1.807, 2.05) is 0 Å². The Bertz CT molecular complexity index is 1030. The summed E-state index contributed by atoms with van der Waals surface area (Å²) in [5.74, 6) is 0. The molecule has 0 fully saturated rings. The van der Waals surface area contributed by atoms with E-state index in [2.05, 4.69) is 86.9 Å². The third-order valence-corrected chi connectivity index (χ3v) is 8.06. The minimum Gasteiger partial charge on any atom is -0.385 e. The molecule has 0 heterocycles. The van der Waals surface area contributed by atoms with Gasteiger partial charge in [0.05, 0.1) is 22.8 Å². The molecule has 4 nitrogen and oxygen atoms in total. The van der Waals surface area contributed by atoms with E-state index in [1.54, 1.807) is 0 Å². The average Bonchev–Trinajstić information content (AvgIpc) is 3.02. The minimum absolute atomic E-state index is 0. The summed E-state index contributed by atoms with van der Waals surface area (Å²) in [6.45, 7) is 11.1. The first kappa shape index (κ1) is 39.9. The Morgan fingerprint density at radius 3 is 1.32 bits per heavy atom. The van der Waals surface area contributed by atoms with E-state index in [4.69, 9.17) is 9.98 Å². The molecule has 44 heavy (non-hydrogen) atoms. The van der Waals surface area contributed by atoms with Gasteiger partial charge >= 0.3 is 0 Å². The van der Waals surface area contributed by atoms with Gasteiger partial charge in [0, 0.05) is 41.0 Å². The first-order valence-corrected chi connectivity index (χ1v) is 18.0. The Balaban J connectivity index is 0.00000968. The third-order valence-electron chi connectivity index (χ3n) is 8.06. The SMILES string of the molecule is CCCCCCCCNc1cccc(/N=C(CCCC)/C(CCCCC)=N/c2cccc(NCCCCCCCC)c2)c1.[Ni]. The summed E-state index contributed by atoms with van der Waals surface area (Å²) >= 11 is 0. The number of nitrogens with one attached hydrogen (secondary N) is 2. The Morgan fingerprint density at radius 1 is 0.477 bits per heavy atom. The second-order valence-corrected chi connectivity index (χ2v) is 12.2. The van der Waals surface area contributed by atoms with Crippen molar-refractivity contribution in [3.05, 3.63) is 48.5 Å². The van der Waals surface area contributed by atoms with E-state index < -0.39 is 0 Å². The van der Waals surface area contributed by atoms with Gasteiger partial charge in [0.1, 0.15) is 0 Å².